The molecule has 1 aliphatic rings. The molecule has 0 aromatic heterocycles. The van der Waals surface area contributed by atoms with Gasteiger partial charge in [-0.15, -0.1) is 0 Å². The predicted molar refractivity (Wildman–Crippen MR) is 80.4 cm³/mol. The van der Waals surface area contributed by atoms with E-state index in [1.807, 2.05) is 0 Å². The van der Waals surface area contributed by atoms with Crippen molar-refractivity contribution in [3.63, 3.8) is 0 Å². The zero-order valence-corrected chi connectivity index (χ0v) is 12.7. The normalized spacial score (nSPS) is 27.7. The van der Waals surface area contributed by atoms with E-state index in [1.54, 1.807) is 0 Å². The van der Waals surface area contributed by atoms with Gasteiger partial charge >= 0.3 is 0 Å². The standard InChI is InChI=1S/C17H27NO/c1-13-17(12-18,9-10-19-13)11-14-5-7-15(8-6-14)16(2,3)4/h5-8,13H,9-12,18H2,1-4H3. The van der Waals surface area contributed by atoms with Crippen molar-refractivity contribution in [1.82, 2.24) is 0 Å². The maximum absolute atomic E-state index is 6.03. The molecule has 0 radical (unpaired) electrons. The fourth-order valence-corrected chi connectivity index (χ4v) is 2.92. The smallest absolute Gasteiger partial charge is 0.0619 e. The molecule has 0 saturated carbocycles. The molecule has 1 aromatic rings. The summed E-state index contributed by atoms with van der Waals surface area (Å²) in [6.45, 7) is 10.4. The molecule has 0 spiro atoms. The van der Waals surface area contributed by atoms with Gasteiger partial charge in [0.25, 0.3) is 0 Å². The van der Waals surface area contributed by atoms with Crippen LogP contribution >= 0.6 is 0 Å². The molecule has 1 heterocycles. The lowest BCUT2D eigenvalue weighted by atomic mass is 9.76. The second-order valence-electron chi connectivity index (χ2n) is 6.95. The number of hydrogen-bond acceptors (Lipinski definition) is 2. The van der Waals surface area contributed by atoms with E-state index >= 15 is 0 Å². The second kappa shape index (κ2) is 5.26. The highest BCUT2D eigenvalue weighted by molar-refractivity contribution is 5.28. The quantitative estimate of drug-likeness (QED) is 0.906. The molecule has 2 unspecified atom stereocenters. The summed E-state index contributed by atoms with van der Waals surface area (Å²) >= 11 is 0. The molecule has 0 amide bonds. The summed E-state index contributed by atoms with van der Waals surface area (Å²) in [7, 11) is 0. The number of ether oxygens (including phenoxy) is 1. The van der Waals surface area contributed by atoms with Crippen LogP contribution in [-0.4, -0.2) is 19.3 Å². The molecule has 0 aliphatic carbocycles. The highest BCUT2D eigenvalue weighted by Crippen LogP contribution is 2.37. The Balaban J connectivity index is 2.15. The third-order valence-corrected chi connectivity index (χ3v) is 4.61. The van der Waals surface area contributed by atoms with Crippen LogP contribution in [0, 0.1) is 5.41 Å². The topological polar surface area (TPSA) is 35.2 Å². The Hall–Kier alpha value is -0.860. The van der Waals surface area contributed by atoms with Crippen LogP contribution in [-0.2, 0) is 16.6 Å². The van der Waals surface area contributed by atoms with E-state index in [9.17, 15) is 0 Å². The van der Waals surface area contributed by atoms with Crippen molar-refractivity contribution < 1.29 is 4.74 Å². The Morgan fingerprint density at radius 2 is 1.89 bits per heavy atom. The lowest BCUT2D eigenvalue weighted by Crippen LogP contribution is -2.38. The van der Waals surface area contributed by atoms with Crippen LogP contribution < -0.4 is 5.73 Å². The van der Waals surface area contributed by atoms with Gasteiger partial charge in [-0.1, -0.05) is 45.0 Å². The number of benzene rings is 1. The lowest BCUT2D eigenvalue weighted by Gasteiger charge is -2.31. The molecule has 2 heteroatoms. The van der Waals surface area contributed by atoms with Crippen molar-refractivity contribution >= 4 is 0 Å². The first-order valence-corrected chi connectivity index (χ1v) is 7.28. The molecule has 0 bridgehead atoms. The van der Waals surface area contributed by atoms with Crippen LogP contribution in [0.5, 0.6) is 0 Å². The Labute approximate surface area is 117 Å². The molecule has 106 valence electrons. The van der Waals surface area contributed by atoms with Crippen LogP contribution in [0.2, 0.25) is 0 Å². The minimum atomic E-state index is 0.128. The first-order chi connectivity index (χ1) is 8.87. The molecule has 19 heavy (non-hydrogen) atoms. The first-order valence-electron chi connectivity index (χ1n) is 7.28. The van der Waals surface area contributed by atoms with Gasteiger partial charge in [-0.05, 0) is 36.3 Å². The second-order valence-corrected chi connectivity index (χ2v) is 6.95. The Morgan fingerprint density at radius 3 is 2.32 bits per heavy atom. The SMILES string of the molecule is CC1OCCC1(CN)Cc1ccc(C(C)(C)C)cc1. The van der Waals surface area contributed by atoms with Crippen LogP contribution in [0.1, 0.15) is 45.2 Å². The summed E-state index contributed by atoms with van der Waals surface area (Å²) in [5, 5.41) is 0. The van der Waals surface area contributed by atoms with Crippen LogP contribution in [0.25, 0.3) is 0 Å². The summed E-state index contributed by atoms with van der Waals surface area (Å²) < 4.78 is 5.73. The molecular weight excluding hydrogens is 234 g/mol. The maximum atomic E-state index is 6.03. The largest absolute Gasteiger partial charge is 0.378 e. The minimum absolute atomic E-state index is 0.128. The van der Waals surface area contributed by atoms with Crippen LogP contribution in [0.15, 0.2) is 24.3 Å². The fraction of sp³-hybridized carbons (Fsp3) is 0.647. The van der Waals surface area contributed by atoms with E-state index in [1.165, 1.54) is 11.1 Å². The zero-order chi connectivity index (χ0) is 14.1. The van der Waals surface area contributed by atoms with Crippen LogP contribution in [0.4, 0.5) is 0 Å². The summed E-state index contributed by atoms with van der Waals surface area (Å²) in [5.74, 6) is 0. The van der Waals surface area contributed by atoms with E-state index in [0.717, 1.165) is 19.4 Å². The Kier molecular flexibility index (Phi) is 4.03. The number of hydrogen-bond donors (Lipinski definition) is 1. The molecule has 2 N–H and O–H groups in total. The average molecular weight is 261 g/mol. The van der Waals surface area contributed by atoms with E-state index in [4.69, 9.17) is 10.5 Å². The molecule has 1 fully saturated rings. The third kappa shape index (κ3) is 3.01. The fourth-order valence-electron chi connectivity index (χ4n) is 2.92. The van der Waals surface area contributed by atoms with Gasteiger partial charge in [0.15, 0.2) is 0 Å². The van der Waals surface area contributed by atoms with Gasteiger partial charge in [0.1, 0.15) is 0 Å². The van der Waals surface area contributed by atoms with Crippen molar-refractivity contribution in [2.24, 2.45) is 11.1 Å². The molecule has 2 atom stereocenters. The van der Waals surface area contributed by atoms with Gasteiger partial charge in [-0.25, -0.2) is 0 Å². The van der Waals surface area contributed by atoms with E-state index < -0.39 is 0 Å². The molecule has 1 saturated heterocycles. The summed E-state index contributed by atoms with van der Waals surface area (Å²) in [5.41, 5.74) is 9.12. The van der Waals surface area contributed by atoms with Gasteiger partial charge < -0.3 is 10.5 Å². The highest BCUT2D eigenvalue weighted by atomic mass is 16.5. The average Bonchev–Trinajstić information content (AvgIpc) is 2.71. The van der Waals surface area contributed by atoms with E-state index in [2.05, 4.69) is 52.0 Å². The van der Waals surface area contributed by atoms with Crippen molar-refractivity contribution in [2.75, 3.05) is 13.2 Å². The van der Waals surface area contributed by atoms with Crippen molar-refractivity contribution in [3.05, 3.63) is 35.4 Å². The third-order valence-electron chi connectivity index (χ3n) is 4.61. The van der Waals surface area contributed by atoms with Crippen molar-refractivity contribution in [1.29, 1.82) is 0 Å². The van der Waals surface area contributed by atoms with Gasteiger partial charge in [-0.2, -0.15) is 0 Å². The molecular formula is C17H27NO. The molecule has 1 aromatic carbocycles. The van der Waals surface area contributed by atoms with E-state index in [0.29, 0.717) is 6.54 Å². The zero-order valence-electron chi connectivity index (χ0n) is 12.7. The molecule has 2 rings (SSSR count). The van der Waals surface area contributed by atoms with Crippen molar-refractivity contribution in [3.8, 4) is 0 Å². The Morgan fingerprint density at radius 1 is 1.26 bits per heavy atom. The monoisotopic (exact) mass is 261 g/mol. The van der Waals surface area contributed by atoms with Crippen LogP contribution in [0.3, 0.4) is 0 Å². The molecule has 2 nitrogen and oxygen atoms in total. The predicted octanol–water partition coefficient (Wildman–Crippen LogP) is 3.28. The highest BCUT2D eigenvalue weighted by Gasteiger charge is 2.40. The summed E-state index contributed by atoms with van der Waals surface area (Å²) in [4.78, 5) is 0. The van der Waals surface area contributed by atoms with Gasteiger partial charge in [0.2, 0.25) is 0 Å². The van der Waals surface area contributed by atoms with E-state index in [-0.39, 0.29) is 16.9 Å². The lowest BCUT2D eigenvalue weighted by molar-refractivity contribution is 0.0673. The summed E-state index contributed by atoms with van der Waals surface area (Å²) in [6, 6.07) is 9.01. The van der Waals surface area contributed by atoms with Gasteiger partial charge in [0, 0.05) is 18.6 Å². The Bertz CT molecular complexity index is 418. The summed E-state index contributed by atoms with van der Waals surface area (Å²) in [6.07, 6.45) is 2.36. The van der Waals surface area contributed by atoms with Gasteiger partial charge in [-0.3, -0.25) is 0 Å². The first kappa shape index (κ1) is 14.5. The minimum Gasteiger partial charge on any atom is -0.378 e. The molecule has 1 aliphatic heterocycles. The maximum Gasteiger partial charge on any atom is 0.0619 e. The number of nitrogens with two attached hydrogens (primary N) is 1. The van der Waals surface area contributed by atoms with Crippen molar-refractivity contribution in [2.45, 2.75) is 52.1 Å². The van der Waals surface area contributed by atoms with Gasteiger partial charge in [0.05, 0.1) is 6.10 Å². The number of rotatable bonds is 3.